The maximum atomic E-state index is 14.7. The number of nitrogens with one attached hydrogen (secondary N) is 3. The summed E-state index contributed by atoms with van der Waals surface area (Å²) in [7, 11) is 1.47. The second-order valence-electron chi connectivity index (χ2n) is 10.4. The third-order valence-corrected chi connectivity index (χ3v) is 7.29. The molecule has 43 heavy (non-hydrogen) atoms. The third-order valence-electron chi connectivity index (χ3n) is 7.29. The molecule has 2 aliphatic rings. The van der Waals surface area contributed by atoms with Crippen molar-refractivity contribution in [2.24, 2.45) is 5.73 Å². The van der Waals surface area contributed by atoms with E-state index in [1.54, 1.807) is 31.0 Å². The zero-order chi connectivity index (χ0) is 30.9. The van der Waals surface area contributed by atoms with E-state index < -0.39 is 41.8 Å². The average molecular weight is 600 g/mol. The molecule has 0 unspecified atom stereocenters. The molecule has 1 amide bonds. The van der Waals surface area contributed by atoms with Crippen LogP contribution in [0.4, 0.5) is 17.6 Å². The van der Waals surface area contributed by atoms with Gasteiger partial charge in [-0.05, 0) is 61.4 Å². The minimum Gasteiger partial charge on any atom is -0.493 e. The monoisotopic (exact) mass is 599 g/mol. The van der Waals surface area contributed by atoms with Crippen LogP contribution in [0.2, 0.25) is 0 Å². The Kier molecular flexibility index (Phi) is 7.94. The first kappa shape index (κ1) is 29.7. The average Bonchev–Trinajstić information content (AvgIpc) is 3.73. The van der Waals surface area contributed by atoms with Crippen LogP contribution < -0.4 is 30.6 Å². The largest absolute Gasteiger partial charge is 0.493 e. The lowest BCUT2D eigenvalue weighted by Gasteiger charge is -2.32. The summed E-state index contributed by atoms with van der Waals surface area (Å²) in [5, 5.41) is 12.2. The fourth-order valence-corrected chi connectivity index (χ4v) is 4.72. The van der Waals surface area contributed by atoms with Crippen LogP contribution in [0.3, 0.4) is 0 Å². The molecule has 1 fully saturated rings. The number of nitrogens with zero attached hydrogens (tertiary/aromatic N) is 1. The van der Waals surface area contributed by atoms with E-state index >= 15 is 0 Å². The van der Waals surface area contributed by atoms with Crippen molar-refractivity contribution in [3.8, 4) is 28.5 Å². The topological polar surface area (TPSA) is 132 Å². The van der Waals surface area contributed by atoms with Crippen LogP contribution in [0, 0.1) is 11.2 Å². The molecule has 226 valence electrons. The number of alkyl halides is 3. The first-order valence-electron chi connectivity index (χ1n) is 13.4. The number of hydrogen-bond donors (Lipinski definition) is 4. The quantitative estimate of drug-likeness (QED) is 0.195. The molecule has 1 aromatic heterocycles. The van der Waals surface area contributed by atoms with Gasteiger partial charge in [-0.15, -0.1) is 0 Å². The van der Waals surface area contributed by atoms with Crippen LogP contribution >= 0.6 is 0 Å². The number of amides is 1. The highest BCUT2D eigenvalue weighted by Crippen LogP contribution is 2.51. The number of methoxy groups -OCH3 is 1. The molecule has 3 aromatic rings. The Balaban J connectivity index is 1.47. The predicted molar refractivity (Wildman–Crippen MR) is 149 cm³/mol. The molecular weight excluding hydrogens is 570 g/mol. The van der Waals surface area contributed by atoms with Gasteiger partial charge < -0.3 is 30.6 Å². The van der Waals surface area contributed by atoms with Gasteiger partial charge in [-0.3, -0.25) is 10.2 Å². The number of fused-ring (bicyclic) bond motifs is 1. The normalized spacial score (nSPS) is 18.1. The van der Waals surface area contributed by atoms with Crippen LogP contribution in [0.1, 0.15) is 47.3 Å². The highest BCUT2D eigenvalue weighted by Gasteiger charge is 2.62. The summed E-state index contributed by atoms with van der Waals surface area (Å²) >= 11 is 0. The van der Waals surface area contributed by atoms with Gasteiger partial charge in [0.15, 0.2) is 28.6 Å². The van der Waals surface area contributed by atoms with Crippen molar-refractivity contribution in [1.82, 2.24) is 15.6 Å². The van der Waals surface area contributed by atoms with E-state index in [-0.39, 0.29) is 35.3 Å². The highest BCUT2D eigenvalue weighted by atomic mass is 19.4. The van der Waals surface area contributed by atoms with Gasteiger partial charge in [0.1, 0.15) is 18.1 Å². The van der Waals surface area contributed by atoms with Crippen molar-refractivity contribution in [3.05, 3.63) is 77.0 Å². The molecule has 1 saturated carbocycles. The van der Waals surface area contributed by atoms with Crippen molar-refractivity contribution in [3.63, 3.8) is 0 Å². The molecule has 1 aliphatic carbocycles. The number of aromatic nitrogens is 1. The molecule has 2 atom stereocenters. The Labute approximate surface area is 244 Å². The summed E-state index contributed by atoms with van der Waals surface area (Å²) in [6.45, 7) is 0.827. The third kappa shape index (κ3) is 5.94. The fourth-order valence-electron chi connectivity index (χ4n) is 4.72. The van der Waals surface area contributed by atoms with Crippen LogP contribution in [-0.2, 0) is 5.54 Å². The fraction of sp³-hybridized carbons (Fsp3) is 0.333. The number of halogens is 4. The minimum absolute atomic E-state index is 0.0198. The van der Waals surface area contributed by atoms with Crippen LogP contribution in [0.15, 0.2) is 54.4 Å². The maximum absolute atomic E-state index is 14.7. The van der Waals surface area contributed by atoms with Gasteiger partial charge in [-0.1, -0.05) is 6.92 Å². The van der Waals surface area contributed by atoms with Gasteiger partial charge in [-0.2, -0.15) is 13.2 Å². The number of hydrogen-bond acceptors (Lipinski definition) is 8. The van der Waals surface area contributed by atoms with Crippen molar-refractivity contribution in [2.75, 3.05) is 20.3 Å². The Morgan fingerprint density at radius 2 is 1.93 bits per heavy atom. The molecule has 5 rings (SSSR count). The van der Waals surface area contributed by atoms with Gasteiger partial charge in [0.25, 0.3) is 5.91 Å². The van der Waals surface area contributed by atoms with Gasteiger partial charge in [0, 0.05) is 40.7 Å². The molecule has 5 N–H and O–H groups in total. The molecule has 0 spiro atoms. The second kappa shape index (κ2) is 11.5. The van der Waals surface area contributed by atoms with E-state index in [2.05, 4.69) is 15.6 Å². The number of rotatable bonds is 10. The second-order valence-corrected chi connectivity index (χ2v) is 10.4. The smallest absolute Gasteiger partial charge is 0.419 e. The lowest BCUT2D eigenvalue weighted by Crippen LogP contribution is -2.56. The predicted octanol–water partition coefficient (Wildman–Crippen LogP) is 4.76. The Morgan fingerprint density at radius 3 is 2.56 bits per heavy atom. The maximum Gasteiger partial charge on any atom is 0.419 e. The van der Waals surface area contributed by atoms with Crippen molar-refractivity contribution < 1.29 is 36.6 Å². The summed E-state index contributed by atoms with van der Waals surface area (Å²) < 4.78 is 74.4. The van der Waals surface area contributed by atoms with E-state index in [9.17, 15) is 22.4 Å². The lowest BCUT2D eigenvalue weighted by molar-refractivity contribution is -0.200. The first-order valence-corrected chi connectivity index (χ1v) is 13.4. The van der Waals surface area contributed by atoms with Crippen LogP contribution in [-0.4, -0.2) is 49.3 Å². The zero-order valence-electron chi connectivity index (χ0n) is 23.3. The zero-order valence-corrected chi connectivity index (χ0v) is 23.3. The molecule has 0 saturated heterocycles. The van der Waals surface area contributed by atoms with Gasteiger partial charge in [0.05, 0.1) is 13.2 Å². The number of benzene rings is 2. The number of nitrogens with two attached hydrogens (primary N) is 1. The SMILES string of the molecule is COc1cc(C(=O)NC[C@@H](C)c2cc3c(c(-c4ccc(F)cc4)n2)OC[C@@]3(NC(N)=C=N)C(F)(F)F)ccc1OC1CC1. The standard InChI is InChI=1S/C30H29F4N5O4/c1-16(14-37-28(40)18-5-10-23(24(11-18)41-2)43-20-8-9-20)22-12-21-27(26(38-22)17-3-6-19(31)7-4-17)42-15-29(21,30(32,33)34)39-25(36)13-35/h3-7,10-12,16,20,35,39H,8-9,14-15,36H2,1-2H3,(H,37,40)/t16-,29+/m1/s1. The van der Waals surface area contributed by atoms with Gasteiger partial charge >= 0.3 is 6.18 Å². The van der Waals surface area contributed by atoms with E-state index in [0.29, 0.717) is 22.6 Å². The molecule has 0 bridgehead atoms. The number of carbonyl (C=O) groups excluding carboxylic acids is 1. The Bertz CT molecular complexity index is 1590. The Hall–Kier alpha value is -4.77. The number of pyridine rings is 1. The summed E-state index contributed by atoms with van der Waals surface area (Å²) in [6.07, 6.45) is -2.85. The molecule has 9 nitrogen and oxygen atoms in total. The molecule has 0 radical (unpaired) electrons. The van der Waals surface area contributed by atoms with E-state index in [0.717, 1.165) is 25.0 Å². The van der Waals surface area contributed by atoms with Crippen molar-refractivity contribution in [2.45, 2.75) is 43.5 Å². The highest BCUT2D eigenvalue weighted by molar-refractivity contribution is 5.95. The Morgan fingerprint density at radius 1 is 1.21 bits per heavy atom. The van der Waals surface area contributed by atoms with Gasteiger partial charge in [0.2, 0.25) is 0 Å². The minimum atomic E-state index is -4.91. The van der Waals surface area contributed by atoms with Crippen molar-refractivity contribution in [1.29, 1.82) is 5.41 Å². The molecule has 2 heterocycles. The van der Waals surface area contributed by atoms with Crippen LogP contribution in [0.25, 0.3) is 11.3 Å². The molecule has 1 aliphatic heterocycles. The van der Waals surface area contributed by atoms with Crippen LogP contribution in [0.5, 0.6) is 17.2 Å². The molecular formula is C30H29F4N5O4. The molecule has 13 heteroatoms. The summed E-state index contributed by atoms with van der Waals surface area (Å²) in [5.41, 5.74) is 3.37. The summed E-state index contributed by atoms with van der Waals surface area (Å²) in [6, 6.07) is 11.1. The molecule has 2 aromatic carbocycles. The van der Waals surface area contributed by atoms with E-state index in [1.165, 1.54) is 25.3 Å². The van der Waals surface area contributed by atoms with E-state index in [4.69, 9.17) is 25.4 Å². The summed E-state index contributed by atoms with van der Waals surface area (Å²) in [5.74, 6) is 0.347. The number of ether oxygens (including phenoxy) is 3. The first-order chi connectivity index (χ1) is 20.5. The summed E-state index contributed by atoms with van der Waals surface area (Å²) in [4.78, 5) is 17.6. The van der Waals surface area contributed by atoms with E-state index in [1.807, 2.05) is 0 Å². The lowest BCUT2D eigenvalue weighted by atomic mass is 9.88. The number of carbonyl (C=O) groups is 1. The van der Waals surface area contributed by atoms with Gasteiger partial charge in [-0.25, -0.2) is 9.37 Å². The van der Waals surface area contributed by atoms with Crippen molar-refractivity contribution >= 4 is 11.8 Å².